The number of carboxylic acids is 1. The maximum Gasteiger partial charge on any atom is 0.335 e. The van der Waals surface area contributed by atoms with Crippen molar-refractivity contribution in [3.8, 4) is 5.75 Å². The largest absolute Gasteiger partial charge is 0.490 e. The van der Waals surface area contributed by atoms with Crippen molar-refractivity contribution in [3.05, 3.63) is 23.8 Å². The zero-order valence-electron chi connectivity index (χ0n) is 10.2. The van der Waals surface area contributed by atoms with E-state index in [2.05, 4.69) is 5.32 Å². The van der Waals surface area contributed by atoms with E-state index in [4.69, 9.17) is 15.6 Å². The van der Waals surface area contributed by atoms with Crippen LogP contribution in [0.2, 0.25) is 0 Å². The molecular formula is C13H18N2O3. The first-order valence-corrected chi connectivity index (χ1v) is 6.16. The van der Waals surface area contributed by atoms with E-state index in [-0.39, 0.29) is 5.56 Å². The summed E-state index contributed by atoms with van der Waals surface area (Å²) in [5.41, 5.74) is 6.31. The Morgan fingerprint density at radius 1 is 1.50 bits per heavy atom. The van der Waals surface area contributed by atoms with Gasteiger partial charge in [0.05, 0.1) is 11.3 Å². The Balaban J connectivity index is 1.94. The summed E-state index contributed by atoms with van der Waals surface area (Å²) < 4.78 is 5.63. The van der Waals surface area contributed by atoms with Gasteiger partial charge in [-0.1, -0.05) is 6.42 Å². The number of ether oxygens (including phenoxy) is 1. The molecule has 18 heavy (non-hydrogen) atoms. The first-order chi connectivity index (χ1) is 8.66. The van der Waals surface area contributed by atoms with Crippen LogP contribution >= 0.6 is 0 Å². The molecule has 1 aromatic rings. The molecular weight excluding hydrogens is 232 g/mol. The fourth-order valence-electron chi connectivity index (χ4n) is 2.07. The average molecular weight is 250 g/mol. The quantitative estimate of drug-likeness (QED) is 0.705. The van der Waals surface area contributed by atoms with Gasteiger partial charge in [-0.25, -0.2) is 4.79 Å². The van der Waals surface area contributed by atoms with Crippen molar-refractivity contribution in [2.75, 3.05) is 18.9 Å². The molecule has 1 aliphatic rings. The molecule has 1 saturated heterocycles. The lowest BCUT2D eigenvalue weighted by molar-refractivity contribution is 0.0697. The minimum atomic E-state index is -0.984. The summed E-state index contributed by atoms with van der Waals surface area (Å²) in [4.78, 5) is 10.8. The fraction of sp³-hybridized carbons (Fsp3) is 0.462. The van der Waals surface area contributed by atoms with Gasteiger partial charge in [-0.15, -0.1) is 0 Å². The smallest absolute Gasteiger partial charge is 0.335 e. The van der Waals surface area contributed by atoms with E-state index in [1.54, 1.807) is 6.07 Å². The van der Waals surface area contributed by atoms with Gasteiger partial charge in [-0.05, 0) is 37.6 Å². The highest BCUT2D eigenvalue weighted by atomic mass is 16.5. The molecule has 1 aromatic carbocycles. The van der Waals surface area contributed by atoms with Crippen LogP contribution in [0, 0.1) is 0 Å². The molecule has 0 bridgehead atoms. The number of carbonyl (C=O) groups is 1. The standard InChI is InChI=1S/C13H18N2O3/c14-11-7-9(13(16)17)4-5-12(11)18-8-10-3-1-2-6-15-10/h4-5,7,10,15H,1-3,6,8,14H2,(H,16,17). The van der Waals surface area contributed by atoms with Crippen molar-refractivity contribution in [2.45, 2.75) is 25.3 Å². The Bertz CT molecular complexity index is 428. The number of anilines is 1. The van der Waals surface area contributed by atoms with E-state index in [1.165, 1.54) is 25.0 Å². The molecule has 1 aliphatic heterocycles. The van der Waals surface area contributed by atoms with Gasteiger partial charge >= 0.3 is 5.97 Å². The van der Waals surface area contributed by atoms with Gasteiger partial charge in [0.1, 0.15) is 12.4 Å². The van der Waals surface area contributed by atoms with Crippen LogP contribution in [-0.4, -0.2) is 30.3 Å². The van der Waals surface area contributed by atoms with E-state index in [9.17, 15) is 4.79 Å². The SMILES string of the molecule is Nc1cc(C(=O)O)ccc1OCC1CCCCN1. The van der Waals surface area contributed by atoms with Crippen LogP contribution in [0.15, 0.2) is 18.2 Å². The van der Waals surface area contributed by atoms with Gasteiger partial charge in [0.2, 0.25) is 0 Å². The number of benzene rings is 1. The number of aromatic carboxylic acids is 1. The van der Waals surface area contributed by atoms with Gasteiger partial charge in [-0.3, -0.25) is 0 Å². The molecule has 5 nitrogen and oxygen atoms in total. The molecule has 0 saturated carbocycles. The van der Waals surface area contributed by atoms with E-state index in [1.807, 2.05) is 0 Å². The molecule has 0 amide bonds. The van der Waals surface area contributed by atoms with E-state index < -0.39 is 5.97 Å². The van der Waals surface area contributed by atoms with Crippen LogP contribution in [-0.2, 0) is 0 Å². The molecule has 0 radical (unpaired) electrons. The van der Waals surface area contributed by atoms with E-state index in [0.29, 0.717) is 24.1 Å². The molecule has 0 spiro atoms. The van der Waals surface area contributed by atoms with Gasteiger partial charge in [0.15, 0.2) is 0 Å². The van der Waals surface area contributed by atoms with Crippen molar-refractivity contribution >= 4 is 11.7 Å². The number of nitrogens with one attached hydrogen (secondary N) is 1. The second kappa shape index (κ2) is 5.73. The van der Waals surface area contributed by atoms with Gasteiger partial charge in [-0.2, -0.15) is 0 Å². The lowest BCUT2D eigenvalue weighted by atomic mass is 10.1. The minimum absolute atomic E-state index is 0.177. The molecule has 1 heterocycles. The number of nitrogens with two attached hydrogens (primary N) is 1. The first-order valence-electron chi connectivity index (χ1n) is 6.16. The van der Waals surface area contributed by atoms with Crippen molar-refractivity contribution in [1.29, 1.82) is 0 Å². The first kappa shape index (κ1) is 12.7. The third kappa shape index (κ3) is 3.13. The van der Waals surface area contributed by atoms with Crippen molar-refractivity contribution in [1.82, 2.24) is 5.32 Å². The lowest BCUT2D eigenvalue weighted by Crippen LogP contribution is -2.38. The average Bonchev–Trinajstić information content (AvgIpc) is 2.38. The predicted octanol–water partition coefficient (Wildman–Crippen LogP) is 1.49. The summed E-state index contributed by atoms with van der Waals surface area (Å²) in [5, 5.41) is 12.2. The molecule has 2 rings (SSSR count). The lowest BCUT2D eigenvalue weighted by Gasteiger charge is -2.23. The normalized spacial score (nSPS) is 19.4. The summed E-state index contributed by atoms with van der Waals surface area (Å²) in [6.07, 6.45) is 3.54. The molecule has 0 aliphatic carbocycles. The summed E-state index contributed by atoms with van der Waals surface area (Å²) in [6.45, 7) is 1.60. The highest BCUT2D eigenvalue weighted by molar-refractivity contribution is 5.89. The summed E-state index contributed by atoms with van der Waals surface area (Å²) in [6, 6.07) is 4.90. The molecule has 1 atom stereocenters. The number of carboxylic acid groups (broad SMARTS) is 1. The molecule has 1 unspecified atom stereocenters. The third-order valence-corrected chi connectivity index (χ3v) is 3.11. The Morgan fingerprint density at radius 3 is 2.94 bits per heavy atom. The Labute approximate surface area is 106 Å². The van der Waals surface area contributed by atoms with Crippen LogP contribution in [0.1, 0.15) is 29.6 Å². The maximum atomic E-state index is 10.8. The van der Waals surface area contributed by atoms with Crippen LogP contribution < -0.4 is 15.8 Å². The van der Waals surface area contributed by atoms with Crippen LogP contribution in [0.3, 0.4) is 0 Å². The van der Waals surface area contributed by atoms with Gasteiger partial charge in [0, 0.05) is 6.04 Å². The van der Waals surface area contributed by atoms with Crippen LogP contribution in [0.25, 0.3) is 0 Å². The fourth-order valence-corrected chi connectivity index (χ4v) is 2.07. The van der Waals surface area contributed by atoms with Crippen molar-refractivity contribution < 1.29 is 14.6 Å². The zero-order valence-corrected chi connectivity index (χ0v) is 10.2. The third-order valence-electron chi connectivity index (χ3n) is 3.11. The second-order valence-electron chi connectivity index (χ2n) is 4.52. The van der Waals surface area contributed by atoms with E-state index in [0.717, 1.165) is 13.0 Å². The Morgan fingerprint density at radius 2 is 2.33 bits per heavy atom. The summed E-state index contributed by atoms with van der Waals surface area (Å²) in [7, 11) is 0. The van der Waals surface area contributed by atoms with Crippen molar-refractivity contribution in [3.63, 3.8) is 0 Å². The topological polar surface area (TPSA) is 84.6 Å². The Kier molecular flexibility index (Phi) is 4.04. The van der Waals surface area contributed by atoms with Crippen molar-refractivity contribution in [2.24, 2.45) is 0 Å². The monoisotopic (exact) mass is 250 g/mol. The Hall–Kier alpha value is -1.75. The highest BCUT2D eigenvalue weighted by Crippen LogP contribution is 2.23. The predicted molar refractivity (Wildman–Crippen MR) is 69.0 cm³/mol. The van der Waals surface area contributed by atoms with E-state index >= 15 is 0 Å². The molecule has 98 valence electrons. The molecule has 4 N–H and O–H groups in total. The maximum absolute atomic E-state index is 10.8. The number of hydrogen-bond acceptors (Lipinski definition) is 4. The summed E-state index contributed by atoms with van der Waals surface area (Å²) >= 11 is 0. The highest BCUT2D eigenvalue weighted by Gasteiger charge is 2.14. The zero-order chi connectivity index (χ0) is 13.0. The van der Waals surface area contributed by atoms with Crippen LogP contribution in [0.4, 0.5) is 5.69 Å². The minimum Gasteiger partial charge on any atom is -0.490 e. The number of piperidine rings is 1. The summed E-state index contributed by atoms with van der Waals surface area (Å²) in [5.74, 6) is -0.436. The van der Waals surface area contributed by atoms with Crippen LogP contribution in [0.5, 0.6) is 5.75 Å². The molecule has 1 fully saturated rings. The number of hydrogen-bond donors (Lipinski definition) is 3. The number of rotatable bonds is 4. The van der Waals surface area contributed by atoms with Gasteiger partial charge < -0.3 is 20.9 Å². The van der Waals surface area contributed by atoms with Gasteiger partial charge in [0.25, 0.3) is 0 Å². The number of nitrogen functional groups attached to an aromatic ring is 1. The molecule has 5 heteroatoms. The molecule has 0 aromatic heterocycles. The second-order valence-corrected chi connectivity index (χ2v) is 4.52.